The van der Waals surface area contributed by atoms with Crippen LogP contribution in [0.1, 0.15) is 63.2 Å². The lowest BCUT2D eigenvalue weighted by Crippen LogP contribution is -2.36. The average Bonchev–Trinajstić information content (AvgIpc) is 2.65. The molecule has 0 aromatic heterocycles. The van der Waals surface area contributed by atoms with Crippen LogP contribution in [0.15, 0.2) is 18.2 Å². The minimum Gasteiger partial charge on any atom is -0.497 e. The fourth-order valence-electron chi connectivity index (χ4n) is 3.60. The standard InChI is InChI=1S/C22H34FNO4S/c1-22(2,3)29(26,27)13-5-10-24-11-8-17(9-12-24)6-7-21(25)18-14-19(23)16-20(15-18)28-4/h14-17H,5-13H2,1-4H3. The van der Waals surface area contributed by atoms with E-state index in [-0.39, 0.29) is 11.5 Å². The first kappa shape index (κ1) is 23.8. The zero-order valence-corrected chi connectivity index (χ0v) is 18.9. The van der Waals surface area contributed by atoms with Gasteiger partial charge in [0.25, 0.3) is 0 Å². The van der Waals surface area contributed by atoms with Gasteiger partial charge in [-0.2, -0.15) is 0 Å². The van der Waals surface area contributed by atoms with Crippen LogP contribution in [0, 0.1) is 11.7 Å². The second-order valence-corrected chi connectivity index (χ2v) is 11.8. The maximum Gasteiger partial charge on any atom is 0.163 e. The first-order chi connectivity index (χ1) is 13.5. The lowest BCUT2D eigenvalue weighted by molar-refractivity contribution is 0.0961. The second-order valence-electron chi connectivity index (χ2n) is 8.91. The molecular formula is C22H34FNO4S. The van der Waals surface area contributed by atoms with Crippen LogP contribution in [0.3, 0.4) is 0 Å². The quantitative estimate of drug-likeness (QED) is 0.555. The molecule has 0 bridgehead atoms. The lowest BCUT2D eigenvalue weighted by Gasteiger charge is -2.32. The van der Waals surface area contributed by atoms with Crippen LogP contribution in [0.4, 0.5) is 4.39 Å². The molecule has 29 heavy (non-hydrogen) atoms. The van der Waals surface area contributed by atoms with Crippen LogP contribution >= 0.6 is 0 Å². The molecule has 1 aromatic carbocycles. The van der Waals surface area contributed by atoms with Crippen molar-refractivity contribution in [3.05, 3.63) is 29.6 Å². The lowest BCUT2D eigenvalue weighted by atomic mass is 9.90. The number of Topliss-reactive ketones (excluding diaryl/α,β-unsaturated/α-hetero) is 1. The van der Waals surface area contributed by atoms with Crippen molar-refractivity contribution in [1.29, 1.82) is 0 Å². The van der Waals surface area contributed by atoms with E-state index in [2.05, 4.69) is 4.90 Å². The van der Waals surface area contributed by atoms with Crippen molar-refractivity contribution in [2.45, 2.75) is 57.6 Å². The summed E-state index contributed by atoms with van der Waals surface area (Å²) < 4.78 is 42.3. The number of likely N-dealkylation sites (tertiary alicyclic amines) is 1. The van der Waals surface area contributed by atoms with Gasteiger partial charge in [0.15, 0.2) is 15.6 Å². The molecule has 0 N–H and O–H groups in total. The van der Waals surface area contributed by atoms with Crippen LogP contribution in [-0.2, 0) is 9.84 Å². The van der Waals surface area contributed by atoms with E-state index < -0.39 is 20.4 Å². The molecule has 1 saturated heterocycles. The van der Waals surface area contributed by atoms with Gasteiger partial charge < -0.3 is 9.64 Å². The third-order valence-corrected chi connectivity index (χ3v) is 8.43. The van der Waals surface area contributed by atoms with Gasteiger partial charge in [0.1, 0.15) is 11.6 Å². The number of hydrogen-bond acceptors (Lipinski definition) is 5. The molecule has 0 aliphatic carbocycles. The maximum atomic E-state index is 13.6. The Morgan fingerprint density at radius 2 is 1.86 bits per heavy atom. The Kier molecular flexibility index (Phi) is 8.23. The molecule has 1 aliphatic heterocycles. The molecule has 0 atom stereocenters. The Bertz CT molecular complexity index is 794. The summed E-state index contributed by atoms with van der Waals surface area (Å²) in [4.78, 5) is 14.7. The number of nitrogens with zero attached hydrogens (tertiary/aromatic N) is 1. The SMILES string of the molecule is COc1cc(F)cc(C(=O)CCC2CCN(CCCS(=O)(=O)C(C)(C)C)CC2)c1. The summed E-state index contributed by atoms with van der Waals surface area (Å²) >= 11 is 0. The number of ether oxygens (including phenoxy) is 1. The Morgan fingerprint density at radius 3 is 2.45 bits per heavy atom. The van der Waals surface area contributed by atoms with Crippen LogP contribution < -0.4 is 4.74 Å². The van der Waals surface area contributed by atoms with Gasteiger partial charge in [-0.15, -0.1) is 0 Å². The first-order valence-corrected chi connectivity index (χ1v) is 12.0. The summed E-state index contributed by atoms with van der Waals surface area (Å²) in [5, 5.41) is 0. The zero-order chi connectivity index (χ0) is 21.7. The first-order valence-electron chi connectivity index (χ1n) is 10.3. The maximum absolute atomic E-state index is 13.6. The highest BCUT2D eigenvalue weighted by Gasteiger charge is 2.28. The topological polar surface area (TPSA) is 63.7 Å². The number of ketones is 1. The van der Waals surface area contributed by atoms with E-state index in [1.54, 1.807) is 26.8 Å². The molecule has 5 nitrogen and oxygen atoms in total. The fourth-order valence-corrected chi connectivity index (χ4v) is 4.73. The third kappa shape index (κ3) is 7.07. The van der Waals surface area contributed by atoms with Crippen molar-refractivity contribution in [2.24, 2.45) is 5.92 Å². The van der Waals surface area contributed by atoms with E-state index >= 15 is 0 Å². The Balaban J connectivity index is 1.72. The number of hydrogen-bond donors (Lipinski definition) is 0. The van der Waals surface area contributed by atoms with Gasteiger partial charge in [-0.3, -0.25) is 4.79 Å². The largest absolute Gasteiger partial charge is 0.497 e. The van der Waals surface area contributed by atoms with E-state index in [4.69, 9.17) is 4.74 Å². The highest BCUT2D eigenvalue weighted by atomic mass is 32.2. The molecule has 7 heteroatoms. The van der Waals surface area contributed by atoms with Crippen LogP contribution in [-0.4, -0.2) is 56.3 Å². The Morgan fingerprint density at radius 1 is 1.21 bits per heavy atom. The minimum atomic E-state index is -3.06. The third-order valence-electron chi connectivity index (χ3n) is 5.74. The summed E-state index contributed by atoms with van der Waals surface area (Å²) in [6, 6.07) is 4.11. The fraction of sp³-hybridized carbons (Fsp3) is 0.682. The smallest absolute Gasteiger partial charge is 0.163 e. The number of carbonyl (C=O) groups excluding carboxylic acids is 1. The highest BCUT2D eigenvalue weighted by molar-refractivity contribution is 7.92. The minimum absolute atomic E-state index is 0.0578. The normalized spacial score (nSPS) is 16.7. The molecule has 2 rings (SSSR count). The molecule has 1 aliphatic rings. The number of methoxy groups -OCH3 is 1. The summed E-state index contributed by atoms with van der Waals surface area (Å²) in [5.41, 5.74) is 0.361. The summed E-state index contributed by atoms with van der Waals surface area (Å²) in [6.45, 7) is 7.90. The van der Waals surface area contributed by atoms with Crippen molar-refractivity contribution in [1.82, 2.24) is 4.90 Å². The van der Waals surface area contributed by atoms with E-state index in [0.717, 1.165) is 38.9 Å². The molecule has 0 spiro atoms. The highest BCUT2D eigenvalue weighted by Crippen LogP contribution is 2.25. The number of piperidine rings is 1. The average molecular weight is 428 g/mol. The molecule has 164 valence electrons. The van der Waals surface area contributed by atoms with Crippen molar-refractivity contribution in [3.8, 4) is 5.75 Å². The predicted octanol–water partition coefficient (Wildman–Crippen LogP) is 4.11. The molecule has 1 fully saturated rings. The van der Waals surface area contributed by atoms with E-state index in [1.165, 1.54) is 19.2 Å². The van der Waals surface area contributed by atoms with Gasteiger partial charge in [0.05, 0.1) is 17.6 Å². The van der Waals surface area contributed by atoms with Crippen molar-refractivity contribution in [2.75, 3.05) is 32.5 Å². The van der Waals surface area contributed by atoms with Gasteiger partial charge in [0.2, 0.25) is 0 Å². The van der Waals surface area contributed by atoms with Gasteiger partial charge in [-0.05, 0) is 84.1 Å². The number of benzene rings is 1. The number of rotatable bonds is 9. The second kappa shape index (κ2) is 10.0. The molecular weight excluding hydrogens is 393 g/mol. The summed E-state index contributed by atoms with van der Waals surface area (Å²) in [6.07, 6.45) is 3.87. The molecule has 0 saturated carbocycles. The van der Waals surface area contributed by atoms with Gasteiger partial charge in [-0.1, -0.05) is 0 Å². The Labute approximate surface area is 174 Å². The van der Waals surface area contributed by atoms with Crippen molar-refractivity contribution < 1.29 is 22.3 Å². The molecule has 1 aromatic rings. The number of carbonyl (C=O) groups is 1. The van der Waals surface area contributed by atoms with Crippen LogP contribution in [0.5, 0.6) is 5.75 Å². The zero-order valence-electron chi connectivity index (χ0n) is 18.0. The predicted molar refractivity (Wildman–Crippen MR) is 114 cm³/mol. The van der Waals surface area contributed by atoms with Gasteiger partial charge >= 0.3 is 0 Å². The van der Waals surface area contributed by atoms with E-state index in [1.807, 2.05) is 0 Å². The van der Waals surface area contributed by atoms with Gasteiger partial charge in [0, 0.05) is 18.1 Å². The van der Waals surface area contributed by atoms with Crippen molar-refractivity contribution in [3.63, 3.8) is 0 Å². The number of halogens is 1. The molecule has 1 heterocycles. The number of sulfone groups is 1. The van der Waals surface area contributed by atoms with E-state index in [9.17, 15) is 17.6 Å². The van der Waals surface area contributed by atoms with Crippen LogP contribution in [0.25, 0.3) is 0 Å². The summed E-state index contributed by atoms with van der Waals surface area (Å²) in [5.74, 6) is 0.536. The van der Waals surface area contributed by atoms with Crippen LogP contribution in [0.2, 0.25) is 0 Å². The Hall–Kier alpha value is -1.47. The summed E-state index contributed by atoms with van der Waals surface area (Å²) in [7, 11) is -1.61. The van der Waals surface area contributed by atoms with E-state index in [0.29, 0.717) is 30.1 Å². The molecule has 0 radical (unpaired) electrons. The molecule has 0 unspecified atom stereocenters. The monoisotopic (exact) mass is 427 g/mol. The van der Waals surface area contributed by atoms with Gasteiger partial charge in [-0.25, -0.2) is 12.8 Å². The molecule has 0 amide bonds. The van der Waals surface area contributed by atoms with Crippen molar-refractivity contribution >= 4 is 15.6 Å².